The van der Waals surface area contributed by atoms with Crippen LogP contribution in [-0.4, -0.2) is 40.7 Å². The van der Waals surface area contributed by atoms with Gasteiger partial charge in [0, 0.05) is 11.4 Å². The van der Waals surface area contributed by atoms with Gasteiger partial charge < -0.3 is 14.4 Å². The lowest BCUT2D eigenvalue weighted by Gasteiger charge is -2.26. The van der Waals surface area contributed by atoms with Gasteiger partial charge in [-0.05, 0) is 18.9 Å². The minimum Gasteiger partial charge on any atom is -0.464 e. The summed E-state index contributed by atoms with van der Waals surface area (Å²) in [7, 11) is 0. The van der Waals surface area contributed by atoms with Gasteiger partial charge >= 0.3 is 6.09 Å². The highest BCUT2D eigenvalue weighted by Gasteiger charge is 2.27. The van der Waals surface area contributed by atoms with E-state index < -0.39 is 0 Å². The first-order chi connectivity index (χ1) is 10.7. The van der Waals surface area contributed by atoms with Crippen LogP contribution in [0.1, 0.15) is 17.4 Å². The van der Waals surface area contributed by atoms with E-state index in [2.05, 4.69) is 15.9 Å². The molecule has 3 heterocycles. The van der Waals surface area contributed by atoms with E-state index in [1.807, 2.05) is 0 Å². The lowest BCUT2D eigenvalue weighted by Crippen LogP contribution is -2.35. The molecule has 0 radical (unpaired) electrons. The molecule has 0 N–H and O–H groups in total. The molecule has 0 unspecified atom stereocenters. The smallest absolute Gasteiger partial charge is 0.410 e. The number of thiophene rings is 1. The van der Waals surface area contributed by atoms with E-state index in [1.54, 1.807) is 23.2 Å². The Morgan fingerprint density at radius 1 is 1.55 bits per heavy atom. The van der Waals surface area contributed by atoms with Crippen molar-refractivity contribution in [2.75, 3.05) is 19.8 Å². The van der Waals surface area contributed by atoms with Crippen LogP contribution in [0.5, 0.6) is 5.88 Å². The van der Waals surface area contributed by atoms with E-state index in [-0.39, 0.29) is 12.7 Å². The summed E-state index contributed by atoms with van der Waals surface area (Å²) in [6.07, 6.45) is 7.16. The maximum Gasteiger partial charge on any atom is 0.410 e. The van der Waals surface area contributed by atoms with E-state index in [9.17, 15) is 4.79 Å². The molecule has 0 atom stereocenters. The molecule has 2 aromatic heterocycles. The van der Waals surface area contributed by atoms with Crippen molar-refractivity contribution in [2.24, 2.45) is 0 Å². The number of hydrogen-bond acceptors (Lipinski definition) is 6. The number of rotatable bonds is 3. The van der Waals surface area contributed by atoms with Crippen LogP contribution in [0, 0.1) is 12.3 Å². The molecule has 0 aliphatic carbocycles. The van der Waals surface area contributed by atoms with Crippen LogP contribution in [0.2, 0.25) is 0 Å². The standard InChI is InChI=1S/C15H15N3O3S/c1-3-7-21-13-12-10-5-6-18(15(19)20-4-2)8-11(10)22-14(12)17-9-16-13/h1,9H,4-8H2,2H3. The Morgan fingerprint density at radius 2 is 2.41 bits per heavy atom. The molecule has 1 amide bonds. The van der Waals surface area contributed by atoms with Gasteiger partial charge in [-0.15, -0.1) is 17.8 Å². The average molecular weight is 317 g/mol. The molecular formula is C15H15N3O3S. The summed E-state index contributed by atoms with van der Waals surface area (Å²) in [6.45, 7) is 3.50. The third-order valence-corrected chi connectivity index (χ3v) is 4.55. The highest BCUT2D eigenvalue weighted by molar-refractivity contribution is 7.18. The van der Waals surface area contributed by atoms with Crippen molar-refractivity contribution >= 4 is 27.6 Å². The number of aromatic nitrogens is 2. The lowest BCUT2D eigenvalue weighted by molar-refractivity contribution is 0.103. The molecule has 0 bridgehead atoms. The van der Waals surface area contributed by atoms with Crippen molar-refractivity contribution in [2.45, 2.75) is 19.9 Å². The molecule has 3 rings (SSSR count). The van der Waals surface area contributed by atoms with E-state index in [0.29, 0.717) is 25.6 Å². The maximum atomic E-state index is 11.9. The molecule has 0 saturated heterocycles. The topological polar surface area (TPSA) is 64.6 Å². The quantitative estimate of drug-likeness (QED) is 0.812. The first-order valence-corrected chi connectivity index (χ1v) is 7.79. The highest BCUT2D eigenvalue weighted by Crippen LogP contribution is 2.38. The SMILES string of the molecule is C#CCOc1ncnc2sc3c(c12)CCN(C(=O)OCC)C3. The van der Waals surface area contributed by atoms with E-state index in [1.165, 1.54) is 6.33 Å². The van der Waals surface area contributed by atoms with E-state index in [0.717, 1.165) is 27.1 Å². The number of carbonyl (C=O) groups is 1. The van der Waals surface area contributed by atoms with Gasteiger partial charge in [-0.1, -0.05) is 5.92 Å². The van der Waals surface area contributed by atoms with Crippen LogP contribution in [0.15, 0.2) is 6.33 Å². The fourth-order valence-corrected chi connectivity index (χ4v) is 3.68. The molecule has 114 valence electrons. The summed E-state index contributed by atoms with van der Waals surface area (Å²) < 4.78 is 10.6. The Labute approximate surface area is 132 Å². The number of hydrogen-bond donors (Lipinski definition) is 0. The molecule has 0 aromatic carbocycles. The van der Waals surface area contributed by atoms with Crippen molar-refractivity contribution in [3.05, 3.63) is 16.8 Å². The lowest BCUT2D eigenvalue weighted by atomic mass is 10.1. The van der Waals surface area contributed by atoms with Crippen LogP contribution in [0.3, 0.4) is 0 Å². The number of amides is 1. The van der Waals surface area contributed by atoms with Gasteiger partial charge in [-0.25, -0.2) is 14.8 Å². The summed E-state index contributed by atoms with van der Waals surface area (Å²) in [6, 6.07) is 0. The second-order valence-corrected chi connectivity index (χ2v) is 5.81. The molecule has 22 heavy (non-hydrogen) atoms. The predicted molar refractivity (Wildman–Crippen MR) is 82.9 cm³/mol. The monoisotopic (exact) mass is 317 g/mol. The third kappa shape index (κ3) is 2.57. The van der Waals surface area contributed by atoms with Gasteiger partial charge in [0.05, 0.1) is 18.5 Å². The predicted octanol–water partition coefficient (Wildman–Crippen LogP) is 2.22. The van der Waals surface area contributed by atoms with Crippen LogP contribution in [0.4, 0.5) is 4.79 Å². The summed E-state index contributed by atoms with van der Waals surface area (Å²) >= 11 is 1.55. The van der Waals surface area contributed by atoms with Crippen LogP contribution < -0.4 is 4.74 Å². The largest absolute Gasteiger partial charge is 0.464 e. The van der Waals surface area contributed by atoms with E-state index in [4.69, 9.17) is 15.9 Å². The second-order valence-electron chi connectivity index (χ2n) is 4.73. The first kappa shape index (κ1) is 14.6. The number of ether oxygens (including phenoxy) is 2. The normalized spacial score (nSPS) is 13.5. The highest BCUT2D eigenvalue weighted by atomic mass is 32.1. The van der Waals surface area contributed by atoms with Crippen molar-refractivity contribution in [1.29, 1.82) is 0 Å². The van der Waals surface area contributed by atoms with Gasteiger partial charge in [-0.3, -0.25) is 0 Å². The summed E-state index contributed by atoms with van der Waals surface area (Å²) in [5.41, 5.74) is 1.15. The zero-order valence-electron chi connectivity index (χ0n) is 12.2. The second kappa shape index (κ2) is 6.20. The van der Waals surface area contributed by atoms with Crippen molar-refractivity contribution in [3.63, 3.8) is 0 Å². The molecule has 2 aromatic rings. The Hall–Kier alpha value is -2.33. The molecule has 0 spiro atoms. The number of terminal acetylenes is 1. The molecule has 7 heteroatoms. The molecule has 6 nitrogen and oxygen atoms in total. The van der Waals surface area contributed by atoms with E-state index >= 15 is 0 Å². The fraction of sp³-hybridized carbons (Fsp3) is 0.400. The Morgan fingerprint density at radius 3 is 3.18 bits per heavy atom. The summed E-state index contributed by atoms with van der Waals surface area (Å²) in [5, 5.41) is 0.918. The Bertz CT molecular complexity index is 750. The number of fused-ring (bicyclic) bond motifs is 3. The molecule has 0 fully saturated rings. The third-order valence-electron chi connectivity index (χ3n) is 3.42. The van der Waals surface area contributed by atoms with Gasteiger partial charge in [0.15, 0.2) is 6.61 Å². The van der Waals surface area contributed by atoms with Gasteiger partial charge in [0.25, 0.3) is 0 Å². The number of nitrogens with zero attached hydrogens (tertiary/aromatic N) is 3. The molecule has 1 aliphatic rings. The van der Waals surface area contributed by atoms with Crippen LogP contribution in [-0.2, 0) is 17.7 Å². The number of carbonyl (C=O) groups excluding carboxylic acids is 1. The molecular weight excluding hydrogens is 302 g/mol. The van der Waals surface area contributed by atoms with Gasteiger partial charge in [0.1, 0.15) is 11.2 Å². The molecule has 0 saturated carbocycles. The van der Waals surface area contributed by atoms with Crippen molar-refractivity contribution < 1.29 is 14.3 Å². The first-order valence-electron chi connectivity index (χ1n) is 6.97. The van der Waals surface area contributed by atoms with Gasteiger partial charge in [0.2, 0.25) is 5.88 Å². The summed E-state index contributed by atoms with van der Waals surface area (Å²) in [5.74, 6) is 2.96. The Balaban J connectivity index is 1.94. The average Bonchev–Trinajstić information content (AvgIpc) is 2.91. The zero-order valence-corrected chi connectivity index (χ0v) is 13.0. The minimum atomic E-state index is -0.277. The fourth-order valence-electron chi connectivity index (χ4n) is 2.49. The minimum absolute atomic E-state index is 0.172. The van der Waals surface area contributed by atoms with Crippen molar-refractivity contribution in [3.8, 4) is 18.2 Å². The van der Waals surface area contributed by atoms with Gasteiger partial charge in [-0.2, -0.15) is 0 Å². The molecule has 1 aliphatic heterocycles. The van der Waals surface area contributed by atoms with Crippen LogP contribution in [0.25, 0.3) is 10.2 Å². The Kier molecular flexibility index (Phi) is 4.11. The summed E-state index contributed by atoms with van der Waals surface area (Å²) in [4.78, 5) is 24.0. The zero-order chi connectivity index (χ0) is 15.5. The van der Waals surface area contributed by atoms with Crippen LogP contribution >= 0.6 is 11.3 Å². The maximum absolute atomic E-state index is 11.9. The van der Waals surface area contributed by atoms with Crippen molar-refractivity contribution in [1.82, 2.24) is 14.9 Å².